The van der Waals surface area contributed by atoms with Crippen molar-refractivity contribution in [1.82, 2.24) is 0 Å². The first-order chi connectivity index (χ1) is 7.98. The highest BCUT2D eigenvalue weighted by Crippen LogP contribution is 2.22. The second-order valence-electron chi connectivity index (χ2n) is 4.62. The monoisotopic (exact) mass is 257 g/mol. The highest BCUT2D eigenvalue weighted by Gasteiger charge is 2.31. The van der Waals surface area contributed by atoms with Gasteiger partial charge in [-0.1, -0.05) is 18.2 Å². The van der Waals surface area contributed by atoms with Gasteiger partial charge in [0.25, 0.3) is 0 Å². The lowest BCUT2D eigenvalue weighted by Crippen LogP contribution is -2.42. The SMILES string of the molecule is NC1CCS(=O)(=O)CC1Cc1ccccc1F. The van der Waals surface area contributed by atoms with Crippen LogP contribution in [0.5, 0.6) is 0 Å². The summed E-state index contributed by atoms with van der Waals surface area (Å²) in [6.45, 7) is 0. The first kappa shape index (κ1) is 12.5. The number of halogens is 1. The quantitative estimate of drug-likeness (QED) is 0.864. The molecule has 1 aliphatic heterocycles. The predicted molar refractivity (Wildman–Crippen MR) is 64.8 cm³/mol. The largest absolute Gasteiger partial charge is 0.327 e. The van der Waals surface area contributed by atoms with Gasteiger partial charge in [0.15, 0.2) is 9.84 Å². The third-order valence-corrected chi connectivity index (χ3v) is 5.07. The van der Waals surface area contributed by atoms with Crippen molar-refractivity contribution in [2.24, 2.45) is 11.7 Å². The lowest BCUT2D eigenvalue weighted by molar-refractivity contribution is 0.414. The summed E-state index contributed by atoms with van der Waals surface area (Å²) in [5.74, 6) is -0.238. The molecule has 0 spiro atoms. The predicted octanol–water partition coefficient (Wildman–Crippen LogP) is 1.13. The van der Waals surface area contributed by atoms with Crippen LogP contribution in [0, 0.1) is 11.7 Å². The summed E-state index contributed by atoms with van der Waals surface area (Å²) < 4.78 is 36.5. The number of rotatable bonds is 2. The van der Waals surface area contributed by atoms with Crippen LogP contribution in [0.25, 0.3) is 0 Å². The Morgan fingerprint density at radius 2 is 2.06 bits per heavy atom. The van der Waals surface area contributed by atoms with Gasteiger partial charge in [-0.15, -0.1) is 0 Å². The van der Waals surface area contributed by atoms with Crippen LogP contribution in [0.2, 0.25) is 0 Å². The molecule has 1 aromatic carbocycles. The molecule has 1 saturated heterocycles. The normalized spacial score (nSPS) is 27.9. The highest BCUT2D eigenvalue weighted by atomic mass is 32.2. The van der Waals surface area contributed by atoms with Crippen molar-refractivity contribution < 1.29 is 12.8 Å². The maximum Gasteiger partial charge on any atom is 0.150 e. The average molecular weight is 257 g/mol. The fraction of sp³-hybridized carbons (Fsp3) is 0.500. The molecule has 2 rings (SSSR count). The van der Waals surface area contributed by atoms with Gasteiger partial charge in [-0.05, 0) is 30.4 Å². The summed E-state index contributed by atoms with van der Waals surface area (Å²) in [6.07, 6.45) is 0.870. The number of sulfone groups is 1. The zero-order chi connectivity index (χ0) is 12.5. The number of benzene rings is 1. The molecule has 0 aliphatic carbocycles. The van der Waals surface area contributed by atoms with Crippen LogP contribution in [0.3, 0.4) is 0 Å². The molecule has 0 amide bonds. The van der Waals surface area contributed by atoms with E-state index in [1.165, 1.54) is 6.07 Å². The van der Waals surface area contributed by atoms with Crippen molar-refractivity contribution in [1.29, 1.82) is 0 Å². The minimum absolute atomic E-state index is 0.0719. The molecule has 0 radical (unpaired) electrons. The first-order valence-electron chi connectivity index (χ1n) is 5.67. The fourth-order valence-electron chi connectivity index (χ4n) is 2.24. The molecular weight excluding hydrogens is 241 g/mol. The molecular formula is C12H16FNO2S. The summed E-state index contributed by atoms with van der Waals surface area (Å²) in [7, 11) is -3.00. The smallest absolute Gasteiger partial charge is 0.150 e. The lowest BCUT2D eigenvalue weighted by Gasteiger charge is -2.28. The van der Waals surface area contributed by atoms with E-state index in [0.717, 1.165) is 0 Å². The molecule has 1 aliphatic rings. The van der Waals surface area contributed by atoms with Gasteiger partial charge in [0.1, 0.15) is 5.82 Å². The average Bonchev–Trinajstić information content (AvgIpc) is 2.26. The Balaban J connectivity index is 2.15. The molecule has 1 aromatic rings. The molecule has 2 atom stereocenters. The Bertz CT molecular complexity index is 501. The topological polar surface area (TPSA) is 60.2 Å². The van der Waals surface area contributed by atoms with Crippen LogP contribution in [-0.2, 0) is 16.3 Å². The van der Waals surface area contributed by atoms with E-state index >= 15 is 0 Å². The minimum Gasteiger partial charge on any atom is -0.327 e. The van der Waals surface area contributed by atoms with Crippen molar-refractivity contribution in [3.05, 3.63) is 35.6 Å². The molecule has 0 saturated carbocycles. The summed E-state index contributed by atoms with van der Waals surface area (Å²) in [6, 6.07) is 6.29. The fourth-order valence-corrected chi connectivity index (χ4v) is 4.06. The standard InChI is InChI=1S/C12H16FNO2S/c13-11-4-2-1-3-9(11)7-10-8-17(15,16)6-5-12(10)14/h1-4,10,12H,5-8,14H2. The molecule has 1 fully saturated rings. The van der Waals surface area contributed by atoms with Gasteiger partial charge in [-0.25, -0.2) is 12.8 Å². The van der Waals surface area contributed by atoms with Crippen LogP contribution < -0.4 is 5.73 Å². The molecule has 0 aromatic heterocycles. The molecule has 2 N–H and O–H groups in total. The lowest BCUT2D eigenvalue weighted by atomic mass is 9.92. The van der Waals surface area contributed by atoms with Gasteiger partial charge < -0.3 is 5.73 Å². The van der Waals surface area contributed by atoms with Crippen LogP contribution in [0.4, 0.5) is 4.39 Å². The van der Waals surface area contributed by atoms with Crippen LogP contribution >= 0.6 is 0 Å². The Kier molecular flexibility index (Phi) is 3.49. The number of nitrogens with two attached hydrogens (primary N) is 1. The molecule has 2 unspecified atom stereocenters. The van der Waals surface area contributed by atoms with Crippen LogP contribution in [0.1, 0.15) is 12.0 Å². The Morgan fingerprint density at radius 3 is 2.76 bits per heavy atom. The van der Waals surface area contributed by atoms with Gasteiger partial charge in [0.2, 0.25) is 0 Å². The molecule has 94 valence electrons. The Hall–Kier alpha value is -0.940. The van der Waals surface area contributed by atoms with Gasteiger partial charge in [-0.3, -0.25) is 0 Å². The van der Waals surface area contributed by atoms with Crippen molar-refractivity contribution in [3.63, 3.8) is 0 Å². The van der Waals surface area contributed by atoms with E-state index in [9.17, 15) is 12.8 Å². The molecule has 5 heteroatoms. The first-order valence-corrected chi connectivity index (χ1v) is 7.49. The van der Waals surface area contributed by atoms with Gasteiger partial charge in [0.05, 0.1) is 11.5 Å². The molecule has 1 heterocycles. The maximum absolute atomic E-state index is 13.5. The molecule has 17 heavy (non-hydrogen) atoms. The van der Waals surface area contributed by atoms with Crippen LogP contribution in [0.15, 0.2) is 24.3 Å². The zero-order valence-corrected chi connectivity index (χ0v) is 10.3. The summed E-state index contributed by atoms with van der Waals surface area (Å²) in [5, 5.41) is 0. The van der Waals surface area contributed by atoms with Crippen molar-refractivity contribution in [3.8, 4) is 0 Å². The second kappa shape index (κ2) is 4.74. The zero-order valence-electron chi connectivity index (χ0n) is 9.47. The van der Waals surface area contributed by atoms with E-state index in [2.05, 4.69) is 0 Å². The Labute approximate surface area is 101 Å². The van der Waals surface area contributed by atoms with E-state index in [-0.39, 0.29) is 29.3 Å². The van der Waals surface area contributed by atoms with Gasteiger partial charge in [0, 0.05) is 6.04 Å². The van der Waals surface area contributed by atoms with E-state index in [1.54, 1.807) is 18.2 Å². The van der Waals surface area contributed by atoms with Crippen molar-refractivity contribution >= 4 is 9.84 Å². The van der Waals surface area contributed by atoms with E-state index < -0.39 is 9.84 Å². The maximum atomic E-state index is 13.5. The Morgan fingerprint density at radius 1 is 1.35 bits per heavy atom. The minimum atomic E-state index is -3.00. The molecule has 0 bridgehead atoms. The number of hydrogen-bond donors (Lipinski definition) is 1. The van der Waals surface area contributed by atoms with Crippen molar-refractivity contribution in [2.75, 3.05) is 11.5 Å². The van der Waals surface area contributed by atoms with Crippen LogP contribution in [-0.4, -0.2) is 26.0 Å². The highest BCUT2D eigenvalue weighted by molar-refractivity contribution is 7.91. The van der Waals surface area contributed by atoms with E-state index in [0.29, 0.717) is 18.4 Å². The summed E-state index contributed by atoms with van der Waals surface area (Å²) >= 11 is 0. The second-order valence-corrected chi connectivity index (χ2v) is 6.85. The van der Waals surface area contributed by atoms with Gasteiger partial charge >= 0.3 is 0 Å². The van der Waals surface area contributed by atoms with E-state index in [4.69, 9.17) is 5.73 Å². The van der Waals surface area contributed by atoms with E-state index in [1.807, 2.05) is 0 Å². The summed E-state index contributed by atoms with van der Waals surface area (Å²) in [5.41, 5.74) is 6.46. The third kappa shape index (κ3) is 3.04. The number of hydrogen-bond acceptors (Lipinski definition) is 3. The van der Waals surface area contributed by atoms with Gasteiger partial charge in [-0.2, -0.15) is 0 Å². The summed E-state index contributed by atoms with van der Waals surface area (Å²) in [4.78, 5) is 0. The van der Waals surface area contributed by atoms with Crippen molar-refractivity contribution in [2.45, 2.75) is 18.9 Å². The molecule has 3 nitrogen and oxygen atoms in total. The third-order valence-electron chi connectivity index (χ3n) is 3.28.